The largest absolute Gasteiger partial charge is 0.321 e. The molecule has 6 nitrogen and oxygen atoms in total. The predicted octanol–water partition coefficient (Wildman–Crippen LogP) is 1.94. The zero-order valence-electron chi connectivity index (χ0n) is 12.5. The van der Waals surface area contributed by atoms with Crippen LogP contribution in [0.3, 0.4) is 0 Å². The first kappa shape index (κ1) is 15.8. The molecule has 0 radical (unpaired) electrons. The van der Waals surface area contributed by atoms with Crippen molar-refractivity contribution in [3.63, 3.8) is 0 Å². The third-order valence-corrected chi connectivity index (χ3v) is 4.18. The number of nitrogens with one attached hydrogen (secondary N) is 2. The molecule has 0 aliphatic carbocycles. The highest BCUT2D eigenvalue weighted by atomic mass is 32.3. The number of benzene rings is 1. The van der Waals surface area contributed by atoms with Gasteiger partial charge in [0.05, 0.1) is 11.6 Å². The van der Waals surface area contributed by atoms with Crippen LogP contribution in [-0.2, 0) is 4.79 Å². The zero-order chi connectivity index (χ0) is 16.2. The maximum atomic E-state index is 11.9. The summed E-state index contributed by atoms with van der Waals surface area (Å²) in [5.74, 6) is 0.532. The summed E-state index contributed by atoms with van der Waals surface area (Å²) in [6.45, 7) is 3.45. The molecular formula is C15H17N5OS. The van der Waals surface area contributed by atoms with E-state index in [-0.39, 0.29) is 5.91 Å². The van der Waals surface area contributed by atoms with Crippen molar-refractivity contribution in [2.75, 3.05) is 18.4 Å². The molecule has 1 heterocycles. The smallest absolute Gasteiger partial charge is 0.274 e. The number of thiocyanates is 1. The van der Waals surface area contributed by atoms with Crippen LogP contribution in [0.4, 0.5) is 5.69 Å². The number of hydrogen-bond acceptors (Lipinski definition) is 4. The number of aliphatic imine (C=N–C) groups is 2. The van der Waals surface area contributed by atoms with E-state index in [1.54, 1.807) is 6.08 Å². The van der Waals surface area contributed by atoms with Gasteiger partial charge in [0.1, 0.15) is 11.1 Å². The second kappa shape index (κ2) is 6.45. The highest BCUT2D eigenvalue weighted by molar-refractivity contribution is 8.36. The van der Waals surface area contributed by atoms with Gasteiger partial charge in [-0.1, -0.05) is 12.1 Å². The maximum Gasteiger partial charge on any atom is 0.274 e. The number of nitrogens with zero attached hydrogens (tertiary/aromatic N) is 3. The Bertz CT molecular complexity index is 698. The molecule has 22 heavy (non-hydrogen) atoms. The molecule has 2 rings (SSSR count). The van der Waals surface area contributed by atoms with Crippen LogP contribution in [-0.4, -0.2) is 37.0 Å². The minimum Gasteiger partial charge on any atom is -0.321 e. The lowest BCUT2D eigenvalue weighted by Gasteiger charge is -2.17. The lowest BCUT2D eigenvalue weighted by atomic mass is 10.2. The molecule has 1 aliphatic rings. The van der Waals surface area contributed by atoms with Gasteiger partial charge in [-0.2, -0.15) is 5.26 Å². The topological polar surface area (TPSA) is 89.6 Å². The highest BCUT2D eigenvalue weighted by Gasteiger charge is 2.22. The monoisotopic (exact) mass is 315 g/mol. The summed E-state index contributed by atoms with van der Waals surface area (Å²) in [4.78, 5) is 20.0. The fourth-order valence-electron chi connectivity index (χ4n) is 1.67. The fourth-order valence-corrected chi connectivity index (χ4v) is 2.18. The summed E-state index contributed by atoms with van der Waals surface area (Å²) in [6, 6.07) is 7.34. The van der Waals surface area contributed by atoms with Gasteiger partial charge in [0.25, 0.3) is 5.91 Å². The Morgan fingerprint density at radius 3 is 2.59 bits per heavy atom. The molecule has 0 saturated carbocycles. The standard InChI is InChI=1S/C15H17N5OS/c1-17-12-6-4-11(5-7-12)8-13-14(21)20-15(19-13)18-10-22(2,3)9-16/h4-8H,1,10H2,2-3H3,(H2,18,19,20,21)/b13-8-. The molecule has 114 valence electrons. The first-order chi connectivity index (χ1) is 10.4. The molecule has 1 aliphatic heterocycles. The summed E-state index contributed by atoms with van der Waals surface area (Å²) in [7, 11) is -1.42. The number of carbonyl (C=O) groups is 1. The Morgan fingerprint density at radius 2 is 2.00 bits per heavy atom. The van der Waals surface area contributed by atoms with Gasteiger partial charge in [-0.25, -0.2) is 4.99 Å². The normalized spacial score (nSPS) is 18.7. The van der Waals surface area contributed by atoms with Crippen LogP contribution in [0.15, 0.2) is 39.9 Å². The number of amides is 1. The average molecular weight is 315 g/mol. The Labute approximate surface area is 131 Å². The molecule has 7 heteroatoms. The van der Waals surface area contributed by atoms with Crippen molar-refractivity contribution in [2.45, 2.75) is 0 Å². The first-order valence-electron chi connectivity index (χ1n) is 6.47. The van der Waals surface area contributed by atoms with Crippen LogP contribution in [0, 0.1) is 10.7 Å². The molecule has 0 atom stereocenters. The average Bonchev–Trinajstić information content (AvgIpc) is 2.86. The van der Waals surface area contributed by atoms with E-state index in [4.69, 9.17) is 5.26 Å². The molecular weight excluding hydrogens is 298 g/mol. The van der Waals surface area contributed by atoms with Crippen LogP contribution in [0.2, 0.25) is 0 Å². The molecule has 2 N–H and O–H groups in total. The number of rotatable bonds is 4. The second-order valence-corrected chi connectivity index (χ2v) is 8.67. The third-order valence-electron chi connectivity index (χ3n) is 2.91. The van der Waals surface area contributed by atoms with Crippen LogP contribution in [0.5, 0.6) is 0 Å². The first-order valence-corrected chi connectivity index (χ1v) is 9.08. The Morgan fingerprint density at radius 1 is 1.32 bits per heavy atom. The van der Waals surface area contributed by atoms with Crippen molar-refractivity contribution < 1.29 is 4.79 Å². The Balaban J connectivity index is 2.12. The van der Waals surface area contributed by atoms with Gasteiger partial charge >= 0.3 is 0 Å². The zero-order valence-corrected chi connectivity index (χ0v) is 13.3. The summed E-state index contributed by atoms with van der Waals surface area (Å²) >= 11 is 0. The van der Waals surface area contributed by atoms with E-state index >= 15 is 0 Å². The summed E-state index contributed by atoms with van der Waals surface area (Å²) in [6.07, 6.45) is 5.48. The molecule has 0 unspecified atom stereocenters. The number of hydrogen-bond donors (Lipinski definition) is 2. The van der Waals surface area contributed by atoms with E-state index in [9.17, 15) is 4.79 Å². The second-order valence-electron chi connectivity index (χ2n) is 5.15. The van der Waals surface area contributed by atoms with Crippen molar-refractivity contribution in [1.29, 1.82) is 5.26 Å². The lowest BCUT2D eigenvalue weighted by Crippen LogP contribution is -2.25. The molecule has 1 saturated heterocycles. The van der Waals surface area contributed by atoms with E-state index in [1.807, 2.05) is 36.8 Å². The van der Waals surface area contributed by atoms with Crippen LogP contribution in [0.25, 0.3) is 6.08 Å². The lowest BCUT2D eigenvalue weighted by molar-refractivity contribution is -0.115. The predicted molar refractivity (Wildman–Crippen MR) is 92.3 cm³/mol. The molecule has 1 aromatic rings. The molecule has 0 bridgehead atoms. The van der Waals surface area contributed by atoms with Crippen molar-refractivity contribution in [2.24, 2.45) is 9.98 Å². The quantitative estimate of drug-likeness (QED) is 0.505. The number of guanidine groups is 1. The van der Waals surface area contributed by atoms with Crippen molar-refractivity contribution in [1.82, 2.24) is 10.6 Å². The van der Waals surface area contributed by atoms with E-state index in [0.717, 1.165) is 11.3 Å². The SMILES string of the molecule is C=Nc1ccc(/C=C2\NC(=NCS(C)(C)C#N)NC2=O)cc1. The fraction of sp³-hybridized carbons (Fsp3) is 0.200. The van der Waals surface area contributed by atoms with Gasteiger partial charge in [-0.15, -0.1) is 10.0 Å². The Kier molecular flexibility index (Phi) is 4.63. The van der Waals surface area contributed by atoms with Gasteiger partial charge in [0.2, 0.25) is 5.96 Å². The van der Waals surface area contributed by atoms with Gasteiger partial charge in [0, 0.05) is 0 Å². The van der Waals surface area contributed by atoms with Crippen molar-refractivity contribution in [3.8, 4) is 5.40 Å². The minimum absolute atomic E-state index is 0.241. The van der Waals surface area contributed by atoms with E-state index in [0.29, 0.717) is 17.5 Å². The minimum atomic E-state index is -1.42. The van der Waals surface area contributed by atoms with Gasteiger partial charge < -0.3 is 5.32 Å². The number of carbonyl (C=O) groups excluding carboxylic acids is 1. The molecule has 0 spiro atoms. The molecule has 1 fully saturated rings. The van der Waals surface area contributed by atoms with E-state index in [2.05, 4.69) is 32.7 Å². The van der Waals surface area contributed by atoms with Crippen LogP contribution in [0.1, 0.15) is 5.56 Å². The molecule has 1 amide bonds. The summed E-state index contributed by atoms with van der Waals surface area (Å²) in [5, 5.41) is 16.8. The van der Waals surface area contributed by atoms with Crippen molar-refractivity contribution >= 4 is 40.4 Å². The van der Waals surface area contributed by atoms with Crippen LogP contribution < -0.4 is 10.6 Å². The summed E-state index contributed by atoms with van der Waals surface area (Å²) in [5.41, 5.74) is 2.06. The molecule has 1 aromatic carbocycles. The number of nitriles is 1. The van der Waals surface area contributed by atoms with Gasteiger partial charge in [0.15, 0.2) is 0 Å². The van der Waals surface area contributed by atoms with Gasteiger partial charge in [-0.3, -0.25) is 15.1 Å². The van der Waals surface area contributed by atoms with Crippen molar-refractivity contribution in [3.05, 3.63) is 35.5 Å². The van der Waals surface area contributed by atoms with E-state index in [1.165, 1.54) is 0 Å². The van der Waals surface area contributed by atoms with Crippen LogP contribution >= 0.6 is 10.0 Å². The highest BCUT2D eigenvalue weighted by Crippen LogP contribution is 2.37. The Hall–Kier alpha value is -2.59. The summed E-state index contributed by atoms with van der Waals surface area (Å²) < 4.78 is 0. The molecule has 0 aromatic heterocycles. The van der Waals surface area contributed by atoms with Gasteiger partial charge in [-0.05, 0) is 43.0 Å². The third kappa shape index (κ3) is 3.96. The maximum absolute atomic E-state index is 11.9. The van der Waals surface area contributed by atoms with E-state index < -0.39 is 10.0 Å².